The van der Waals surface area contributed by atoms with Crippen LogP contribution in [0.4, 0.5) is 0 Å². The minimum absolute atomic E-state index is 0.268. The van der Waals surface area contributed by atoms with Crippen LogP contribution in [0, 0.1) is 0 Å². The van der Waals surface area contributed by atoms with E-state index < -0.39 is 5.97 Å². The Morgan fingerprint density at radius 1 is 1.00 bits per heavy atom. The lowest BCUT2D eigenvalue weighted by Crippen LogP contribution is -2.41. The Morgan fingerprint density at radius 2 is 1.58 bits per heavy atom. The Morgan fingerprint density at radius 3 is 2.11 bits per heavy atom. The van der Waals surface area contributed by atoms with Crippen molar-refractivity contribution in [3.8, 4) is 0 Å². The second-order valence-electron chi connectivity index (χ2n) is 5.98. The fourth-order valence-electron chi connectivity index (χ4n) is 2.84. The molecule has 1 fully saturated rings. The van der Waals surface area contributed by atoms with Crippen LogP contribution < -0.4 is 0 Å². The van der Waals surface area contributed by atoms with Gasteiger partial charge in [-0.2, -0.15) is 0 Å². The summed E-state index contributed by atoms with van der Waals surface area (Å²) in [4.78, 5) is 15.4. The number of aliphatic carboxylic acids is 1. The standard InChI is InChI=1S/C15H30N2O2/c1-16(2)12-13-17(11-10-15(18)19)14-8-6-4-3-5-7-9-14/h14H,3-13H2,1-2H3,(H,18,19). The summed E-state index contributed by atoms with van der Waals surface area (Å²) in [6, 6.07) is 0.597. The first-order valence-electron chi connectivity index (χ1n) is 7.70. The molecule has 1 N–H and O–H groups in total. The highest BCUT2D eigenvalue weighted by Gasteiger charge is 2.19. The first-order chi connectivity index (χ1) is 9.09. The van der Waals surface area contributed by atoms with Crippen molar-refractivity contribution in [1.82, 2.24) is 9.80 Å². The molecule has 0 atom stereocenters. The maximum Gasteiger partial charge on any atom is 0.304 e. The summed E-state index contributed by atoms with van der Waals surface area (Å²) in [5.41, 5.74) is 0. The summed E-state index contributed by atoms with van der Waals surface area (Å²) in [5, 5.41) is 8.90. The molecule has 0 aromatic heterocycles. The van der Waals surface area contributed by atoms with Crippen LogP contribution in [0.25, 0.3) is 0 Å². The molecule has 0 aromatic carbocycles. The summed E-state index contributed by atoms with van der Waals surface area (Å²) < 4.78 is 0. The smallest absolute Gasteiger partial charge is 0.304 e. The monoisotopic (exact) mass is 270 g/mol. The number of rotatable bonds is 7. The number of nitrogens with zero attached hydrogens (tertiary/aromatic N) is 2. The zero-order valence-electron chi connectivity index (χ0n) is 12.6. The molecule has 0 heterocycles. The van der Waals surface area contributed by atoms with Gasteiger partial charge < -0.3 is 10.0 Å². The molecule has 0 unspecified atom stereocenters. The van der Waals surface area contributed by atoms with Gasteiger partial charge in [-0.05, 0) is 26.9 Å². The summed E-state index contributed by atoms with van der Waals surface area (Å²) in [6.45, 7) is 2.70. The van der Waals surface area contributed by atoms with Gasteiger partial charge >= 0.3 is 5.97 Å². The van der Waals surface area contributed by atoms with Gasteiger partial charge in [0.05, 0.1) is 6.42 Å². The second kappa shape index (κ2) is 9.32. The van der Waals surface area contributed by atoms with Crippen molar-refractivity contribution in [2.45, 2.75) is 57.4 Å². The van der Waals surface area contributed by atoms with Crippen LogP contribution in [-0.4, -0.2) is 60.6 Å². The second-order valence-corrected chi connectivity index (χ2v) is 5.98. The molecule has 19 heavy (non-hydrogen) atoms. The van der Waals surface area contributed by atoms with Gasteiger partial charge in [0.1, 0.15) is 0 Å². The molecule has 1 saturated carbocycles. The predicted octanol–water partition coefficient (Wildman–Crippen LogP) is 2.44. The van der Waals surface area contributed by atoms with E-state index >= 15 is 0 Å². The Bertz CT molecular complexity index is 249. The molecule has 1 aliphatic carbocycles. The van der Waals surface area contributed by atoms with Crippen LogP contribution >= 0.6 is 0 Å². The van der Waals surface area contributed by atoms with E-state index in [1.54, 1.807) is 0 Å². The van der Waals surface area contributed by atoms with Crippen LogP contribution in [0.5, 0.6) is 0 Å². The van der Waals surface area contributed by atoms with Gasteiger partial charge in [-0.15, -0.1) is 0 Å². The van der Waals surface area contributed by atoms with Crippen LogP contribution in [0.3, 0.4) is 0 Å². The van der Waals surface area contributed by atoms with E-state index in [9.17, 15) is 4.79 Å². The molecule has 0 bridgehead atoms. The minimum atomic E-state index is -0.680. The Labute approximate surface area is 117 Å². The molecule has 0 aromatic rings. The highest BCUT2D eigenvalue weighted by atomic mass is 16.4. The van der Waals surface area contributed by atoms with Crippen LogP contribution in [0.2, 0.25) is 0 Å². The zero-order valence-corrected chi connectivity index (χ0v) is 12.6. The maximum absolute atomic E-state index is 10.8. The molecule has 1 aliphatic rings. The average molecular weight is 270 g/mol. The third kappa shape index (κ3) is 7.53. The normalized spacial score (nSPS) is 18.5. The molecule has 4 heteroatoms. The fourth-order valence-corrected chi connectivity index (χ4v) is 2.84. The Kier molecular flexibility index (Phi) is 8.07. The third-order valence-electron chi connectivity index (χ3n) is 4.04. The highest BCUT2D eigenvalue weighted by Crippen LogP contribution is 2.21. The summed E-state index contributed by atoms with van der Waals surface area (Å²) >= 11 is 0. The SMILES string of the molecule is CN(C)CCN(CCC(=O)O)C1CCCCCCC1. The van der Waals surface area contributed by atoms with Gasteiger partial charge in [-0.25, -0.2) is 0 Å². The van der Waals surface area contributed by atoms with Crippen LogP contribution in [0.15, 0.2) is 0 Å². The largest absolute Gasteiger partial charge is 0.481 e. The van der Waals surface area contributed by atoms with E-state index in [1.165, 1.54) is 44.9 Å². The van der Waals surface area contributed by atoms with Gasteiger partial charge in [-0.1, -0.05) is 32.1 Å². The number of likely N-dealkylation sites (N-methyl/N-ethyl adjacent to an activating group) is 1. The molecular formula is C15H30N2O2. The van der Waals surface area contributed by atoms with Gasteiger partial charge in [0, 0.05) is 25.7 Å². The number of carboxylic acids is 1. The van der Waals surface area contributed by atoms with Gasteiger partial charge in [0.2, 0.25) is 0 Å². The number of hydrogen-bond donors (Lipinski definition) is 1. The molecule has 0 saturated heterocycles. The summed E-state index contributed by atoms with van der Waals surface area (Å²) in [6.07, 6.45) is 9.42. The lowest BCUT2D eigenvalue weighted by Gasteiger charge is -2.33. The van der Waals surface area contributed by atoms with Crippen molar-refractivity contribution in [2.24, 2.45) is 0 Å². The maximum atomic E-state index is 10.8. The molecule has 0 amide bonds. The van der Waals surface area contributed by atoms with E-state index in [4.69, 9.17) is 5.11 Å². The van der Waals surface area contributed by atoms with Gasteiger partial charge in [0.15, 0.2) is 0 Å². The van der Waals surface area contributed by atoms with Gasteiger partial charge in [-0.3, -0.25) is 9.69 Å². The topological polar surface area (TPSA) is 43.8 Å². The predicted molar refractivity (Wildman–Crippen MR) is 78.5 cm³/mol. The Balaban J connectivity index is 2.49. The van der Waals surface area contributed by atoms with E-state index in [0.29, 0.717) is 12.6 Å². The lowest BCUT2D eigenvalue weighted by molar-refractivity contribution is -0.137. The summed E-state index contributed by atoms with van der Waals surface area (Å²) in [7, 11) is 4.15. The molecule has 112 valence electrons. The molecule has 0 radical (unpaired) electrons. The van der Waals surface area contributed by atoms with Crippen molar-refractivity contribution in [2.75, 3.05) is 33.7 Å². The minimum Gasteiger partial charge on any atom is -0.481 e. The van der Waals surface area contributed by atoms with Gasteiger partial charge in [0.25, 0.3) is 0 Å². The molecule has 4 nitrogen and oxygen atoms in total. The van der Waals surface area contributed by atoms with Crippen molar-refractivity contribution < 1.29 is 9.90 Å². The number of carbonyl (C=O) groups is 1. The molecule has 1 rings (SSSR count). The first-order valence-corrected chi connectivity index (χ1v) is 7.70. The van der Waals surface area contributed by atoms with Crippen LogP contribution in [-0.2, 0) is 4.79 Å². The van der Waals surface area contributed by atoms with E-state index in [-0.39, 0.29) is 6.42 Å². The zero-order chi connectivity index (χ0) is 14.1. The van der Waals surface area contributed by atoms with E-state index in [2.05, 4.69) is 23.9 Å². The Hall–Kier alpha value is -0.610. The fraction of sp³-hybridized carbons (Fsp3) is 0.933. The molecule has 0 aliphatic heterocycles. The van der Waals surface area contributed by atoms with Crippen molar-refractivity contribution >= 4 is 5.97 Å². The molecular weight excluding hydrogens is 240 g/mol. The van der Waals surface area contributed by atoms with E-state index in [0.717, 1.165) is 13.1 Å². The van der Waals surface area contributed by atoms with Crippen molar-refractivity contribution in [3.63, 3.8) is 0 Å². The third-order valence-corrected chi connectivity index (χ3v) is 4.04. The molecule has 0 spiro atoms. The van der Waals surface area contributed by atoms with Crippen LogP contribution in [0.1, 0.15) is 51.4 Å². The quantitative estimate of drug-likeness (QED) is 0.771. The number of hydrogen-bond acceptors (Lipinski definition) is 3. The first kappa shape index (κ1) is 16.4. The highest BCUT2D eigenvalue weighted by molar-refractivity contribution is 5.66. The van der Waals surface area contributed by atoms with Crippen molar-refractivity contribution in [1.29, 1.82) is 0 Å². The summed E-state index contributed by atoms with van der Waals surface area (Å²) in [5.74, 6) is -0.680. The average Bonchev–Trinajstić information content (AvgIpc) is 2.29. The van der Waals surface area contributed by atoms with Crippen molar-refractivity contribution in [3.05, 3.63) is 0 Å². The van der Waals surface area contributed by atoms with E-state index in [1.807, 2.05) is 0 Å². The lowest BCUT2D eigenvalue weighted by atomic mass is 9.95. The number of carboxylic acid groups (broad SMARTS) is 1.